The van der Waals surface area contributed by atoms with E-state index >= 15 is 0 Å². The number of aryl methyl sites for hydroxylation is 1. The molecule has 1 aliphatic heterocycles. The molecule has 2 heterocycles. The number of halogens is 1. The Morgan fingerprint density at radius 3 is 2.35 bits per heavy atom. The Bertz CT molecular complexity index is 1360. The molecule has 1 aliphatic rings. The molecule has 31 heavy (non-hydrogen) atoms. The first-order chi connectivity index (χ1) is 15.0. The third-order valence-corrected chi connectivity index (χ3v) is 8.05. The summed E-state index contributed by atoms with van der Waals surface area (Å²) >= 11 is 6.35. The highest BCUT2D eigenvalue weighted by molar-refractivity contribution is 7.89. The SMILES string of the molecule is Cc1ccc(C2c3cccn3-c3ccccc3CN2S(=O)(=O)c2ccccc2Cl)cc1. The molecule has 0 saturated heterocycles. The van der Waals surface area contributed by atoms with Crippen LogP contribution in [-0.4, -0.2) is 17.3 Å². The minimum Gasteiger partial charge on any atom is -0.319 e. The molecule has 4 nitrogen and oxygen atoms in total. The van der Waals surface area contributed by atoms with Crippen molar-refractivity contribution in [2.45, 2.75) is 24.4 Å². The number of para-hydroxylation sites is 1. The van der Waals surface area contributed by atoms with Gasteiger partial charge in [-0.3, -0.25) is 0 Å². The van der Waals surface area contributed by atoms with Crippen molar-refractivity contribution in [1.82, 2.24) is 8.87 Å². The number of sulfonamides is 1. The summed E-state index contributed by atoms with van der Waals surface area (Å²) in [6.45, 7) is 2.26. The van der Waals surface area contributed by atoms with Crippen LogP contribution in [0.4, 0.5) is 0 Å². The molecule has 1 unspecified atom stereocenters. The van der Waals surface area contributed by atoms with Crippen LogP contribution in [0.15, 0.2) is 96.0 Å². The average molecular weight is 449 g/mol. The van der Waals surface area contributed by atoms with E-state index in [4.69, 9.17) is 11.6 Å². The molecule has 156 valence electrons. The van der Waals surface area contributed by atoms with Crippen molar-refractivity contribution in [1.29, 1.82) is 0 Å². The summed E-state index contributed by atoms with van der Waals surface area (Å²) in [4.78, 5) is 0.117. The molecule has 0 radical (unpaired) electrons. The second kappa shape index (κ2) is 7.68. The summed E-state index contributed by atoms with van der Waals surface area (Å²) in [5.74, 6) is 0. The Labute approximate surface area is 187 Å². The van der Waals surface area contributed by atoms with E-state index in [9.17, 15) is 8.42 Å². The van der Waals surface area contributed by atoms with E-state index in [1.807, 2.05) is 73.8 Å². The molecule has 0 N–H and O–H groups in total. The van der Waals surface area contributed by atoms with Gasteiger partial charge in [-0.05, 0) is 48.4 Å². The van der Waals surface area contributed by atoms with Gasteiger partial charge in [0.1, 0.15) is 4.90 Å². The zero-order chi connectivity index (χ0) is 21.6. The van der Waals surface area contributed by atoms with Crippen molar-refractivity contribution in [3.8, 4) is 5.69 Å². The summed E-state index contributed by atoms with van der Waals surface area (Å²) in [6, 6.07) is 26.0. The summed E-state index contributed by atoms with van der Waals surface area (Å²) in [6.07, 6.45) is 1.99. The molecule has 0 spiro atoms. The van der Waals surface area contributed by atoms with Crippen molar-refractivity contribution in [3.05, 3.63) is 119 Å². The maximum absolute atomic E-state index is 14.0. The lowest BCUT2D eigenvalue weighted by molar-refractivity contribution is 0.353. The highest BCUT2D eigenvalue weighted by Gasteiger charge is 2.38. The van der Waals surface area contributed by atoms with E-state index in [0.29, 0.717) is 0 Å². The lowest BCUT2D eigenvalue weighted by Crippen LogP contribution is -2.35. The molecule has 0 fully saturated rings. The Balaban J connectivity index is 1.79. The van der Waals surface area contributed by atoms with Crippen LogP contribution in [0.2, 0.25) is 5.02 Å². The second-order valence-corrected chi connectivity index (χ2v) is 9.99. The number of benzene rings is 3. The molecule has 0 amide bonds. The maximum Gasteiger partial charge on any atom is 0.245 e. The van der Waals surface area contributed by atoms with Crippen LogP contribution in [-0.2, 0) is 16.6 Å². The van der Waals surface area contributed by atoms with E-state index in [2.05, 4.69) is 4.57 Å². The third-order valence-electron chi connectivity index (χ3n) is 5.74. The number of rotatable bonds is 3. The number of hydrogen-bond acceptors (Lipinski definition) is 2. The van der Waals surface area contributed by atoms with Crippen LogP contribution in [0.5, 0.6) is 0 Å². The molecule has 1 aromatic heterocycles. The fourth-order valence-corrected chi connectivity index (χ4v) is 6.27. The first-order valence-corrected chi connectivity index (χ1v) is 11.9. The Morgan fingerprint density at radius 2 is 1.58 bits per heavy atom. The van der Waals surface area contributed by atoms with Gasteiger partial charge in [-0.25, -0.2) is 8.42 Å². The van der Waals surface area contributed by atoms with Gasteiger partial charge in [0.25, 0.3) is 0 Å². The highest BCUT2D eigenvalue weighted by Crippen LogP contribution is 2.40. The Kier molecular flexibility index (Phi) is 4.97. The van der Waals surface area contributed by atoms with Crippen LogP contribution in [0, 0.1) is 6.92 Å². The van der Waals surface area contributed by atoms with E-state index in [-0.39, 0.29) is 16.5 Å². The first-order valence-electron chi connectivity index (χ1n) is 10.1. The zero-order valence-electron chi connectivity index (χ0n) is 16.9. The van der Waals surface area contributed by atoms with Crippen molar-refractivity contribution < 1.29 is 8.42 Å². The van der Waals surface area contributed by atoms with E-state index in [1.165, 1.54) is 0 Å². The number of aromatic nitrogens is 1. The topological polar surface area (TPSA) is 42.3 Å². The number of nitrogens with zero attached hydrogens (tertiary/aromatic N) is 2. The average Bonchev–Trinajstić information content (AvgIpc) is 3.19. The molecular formula is C25H21ClN2O2S. The lowest BCUT2D eigenvalue weighted by atomic mass is 10.0. The van der Waals surface area contributed by atoms with Crippen LogP contribution in [0.3, 0.4) is 0 Å². The van der Waals surface area contributed by atoms with E-state index < -0.39 is 16.1 Å². The molecule has 6 heteroatoms. The standard InChI is InChI=1S/C25H21ClN2O2S/c1-18-12-14-19(15-13-18)25-23-10-6-16-27(23)22-9-4-2-7-20(22)17-28(25)31(29,30)24-11-5-3-8-21(24)26/h2-16,25H,17H2,1H3. The fourth-order valence-electron chi connectivity index (χ4n) is 4.21. The summed E-state index contributed by atoms with van der Waals surface area (Å²) < 4.78 is 31.6. The summed E-state index contributed by atoms with van der Waals surface area (Å²) in [5, 5.41) is 0.220. The van der Waals surface area contributed by atoms with Crippen molar-refractivity contribution in [3.63, 3.8) is 0 Å². The fraction of sp³-hybridized carbons (Fsp3) is 0.120. The predicted molar refractivity (Wildman–Crippen MR) is 123 cm³/mol. The predicted octanol–water partition coefficient (Wildman–Crippen LogP) is 5.73. The molecule has 0 bridgehead atoms. The molecule has 5 rings (SSSR count). The summed E-state index contributed by atoms with van der Waals surface area (Å²) in [7, 11) is -3.90. The van der Waals surface area contributed by atoms with Crippen LogP contribution >= 0.6 is 11.6 Å². The smallest absolute Gasteiger partial charge is 0.245 e. The molecule has 3 aromatic carbocycles. The van der Waals surface area contributed by atoms with Crippen LogP contribution in [0.1, 0.15) is 28.4 Å². The van der Waals surface area contributed by atoms with Gasteiger partial charge in [-0.2, -0.15) is 4.31 Å². The van der Waals surface area contributed by atoms with Gasteiger partial charge in [0, 0.05) is 24.1 Å². The van der Waals surface area contributed by atoms with Crippen LogP contribution < -0.4 is 0 Å². The van der Waals surface area contributed by atoms with E-state index in [0.717, 1.165) is 28.1 Å². The van der Waals surface area contributed by atoms with Gasteiger partial charge >= 0.3 is 0 Å². The van der Waals surface area contributed by atoms with Gasteiger partial charge in [0.15, 0.2) is 0 Å². The van der Waals surface area contributed by atoms with E-state index in [1.54, 1.807) is 28.6 Å². The maximum atomic E-state index is 14.0. The van der Waals surface area contributed by atoms with Crippen molar-refractivity contribution in [2.24, 2.45) is 0 Å². The lowest BCUT2D eigenvalue weighted by Gasteiger charge is -2.30. The number of fused-ring (bicyclic) bond motifs is 3. The van der Waals surface area contributed by atoms with Crippen molar-refractivity contribution >= 4 is 21.6 Å². The van der Waals surface area contributed by atoms with Crippen LogP contribution in [0.25, 0.3) is 5.69 Å². The molecular weight excluding hydrogens is 428 g/mol. The monoisotopic (exact) mass is 448 g/mol. The Hall–Kier alpha value is -2.86. The second-order valence-electron chi connectivity index (χ2n) is 7.73. The van der Waals surface area contributed by atoms with Gasteiger partial charge in [0.05, 0.1) is 11.1 Å². The minimum absolute atomic E-state index is 0.117. The third kappa shape index (κ3) is 3.39. The molecule has 1 atom stereocenters. The largest absolute Gasteiger partial charge is 0.319 e. The zero-order valence-corrected chi connectivity index (χ0v) is 18.5. The van der Waals surface area contributed by atoms with Gasteiger partial charge in [-0.15, -0.1) is 0 Å². The highest BCUT2D eigenvalue weighted by atomic mass is 35.5. The van der Waals surface area contributed by atoms with Gasteiger partial charge in [0.2, 0.25) is 10.0 Å². The Morgan fingerprint density at radius 1 is 0.871 bits per heavy atom. The minimum atomic E-state index is -3.90. The summed E-state index contributed by atoms with van der Waals surface area (Å²) in [5.41, 5.74) is 4.84. The quantitative estimate of drug-likeness (QED) is 0.401. The number of hydrogen-bond donors (Lipinski definition) is 0. The van der Waals surface area contributed by atoms with Gasteiger partial charge in [-0.1, -0.05) is 71.8 Å². The van der Waals surface area contributed by atoms with Gasteiger partial charge < -0.3 is 4.57 Å². The molecule has 0 aliphatic carbocycles. The molecule has 4 aromatic rings. The first kappa shape index (κ1) is 20.1. The molecule has 0 saturated carbocycles. The van der Waals surface area contributed by atoms with Crippen molar-refractivity contribution in [2.75, 3.05) is 0 Å². The normalized spacial score (nSPS) is 16.4.